The van der Waals surface area contributed by atoms with Crippen LogP contribution in [0, 0.1) is 0 Å². The number of nitrogens with one attached hydrogen (secondary N) is 1. The van der Waals surface area contributed by atoms with Gasteiger partial charge < -0.3 is 5.32 Å². The Balaban J connectivity index is 1.95. The molecule has 0 spiro atoms. The van der Waals surface area contributed by atoms with Gasteiger partial charge >= 0.3 is 0 Å². The molecule has 28 heavy (non-hydrogen) atoms. The lowest BCUT2D eigenvalue weighted by molar-refractivity contribution is -0.115. The van der Waals surface area contributed by atoms with Crippen LogP contribution in [0.4, 0.5) is 5.69 Å². The van der Waals surface area contributed by atoms with Crippen LogP contribution in [0.25, 0.3) is 11.1 Å². The minimum atomic E-state index is -3.97. The summed E-state index contributed by atoms with van der Waals surface area (Å²) in [4.78, 5) is 12.3. The lowest BCUT2D eigenvalue weighted by Gasteiger charge is -2.11. The topological polar surface area (TPSA) is 89.3 Å². The number of halogens is 2. The Morgan fingerprint density at radius 1 is 0.929 bits per heavy atom. The van der Waals surface area contributed by atoms with Gasteiger partial charge in [-0.3, -0.25) is 4.79 Å². The van der Waals surface area contributed by atoms with Crippen LogP contribution in [0.1, 0.15) is 5.56 Å². The fraction of sp³-hybridized carbons (Fsp3) is 0.0500. The highest BCUT2D eigenvalue weighted by molar-refractivity contribution is 7.89. The summed E-state index contributed by atoms with van der Waals surface area (Å²) in [7, 11) is -3.97. The van der Waals surface area contributed by atoms with Gasteiger partial charge in [0.2, 0.25) is 15.9 Å². The Bertz CT molecular complexity index is 1150. The van der Waals surface area contributed by atoms with E-state index in [1.807, 2.05) is 0 Å². The molecule has 3 aromatic rings. The Kier molecular flexibility index (Phi) is 6.05. The normalized spacial score (nSPS) is 11.2. The number of carbonyl (C=O) groups is 1. The van der Waals surface area contributed by atoms with Gasteiger partial charge in [0.1, 0.15) is 0 Å². The van der Waals surface area contributed by atoms with Crippen molar-refractivity contribution in [2.75, 3.05) is 5.32 Å². The van der Waals surface area contributed by atoms with Crippen LogP contribution in [0.2, 0.25) is 10.0 Å². The molecule has 0 aromatic heterocycles. The molecule has 0 unspecified atom stereocenters. The average Bonchev–Trinajstić information content (AvgIpc) is 2.62. The summed E-state index contributed by atoms with van der Waals surface area (Å²) >= 11 is 12.1. The molecule has 0 bridgehead atoms. The van der Waals surface area contributed by atoms with E-state index in [-0.39, 0.29) is 17.2 Å². The predicted octanol–water partition coefficient (Wildman–Crippen LogP) is 4.49. The summed E-state index contributed by atoms with van der Waals surface area (Å²) in [6.45, 7) is 0. The van der Waals surface area contributed by atoms with E-state index in [0.29, 0.717) is 32.4 Å². The quantitative estimate of drug-likeness (QED) is 0.619. The van der Waals surface area contributed by atoms with Gasteiger partial charge in [-0.15, -0.1) is 0 Å². The molecule has 3 aromatic carbocycles. The van der Waals surface area contributed by atoms with Crippen LogP contribution >= 0.6 is 23.2 Å². The maximum Gasteiger partial charge on any atom is 0.238 e. The first-order valence-electron chi connectivity index (χ1n) is 8.19. The minimum absolute atomic E-state index is 0.0474. The number of amides is 1. The van der Waals surface area contributed by atoms with Gasteiger partial charge in [-0.25, -0.2) is 13.6 Å². The van der Waals surface area contributed by atoms with E-state index in [2.05, 4.69) is 5.32 Å². The molecule has 8 heteroatoms. The van der Waals surface area contributed by atoms with Crippen molar-refractivity contribution in [1.82, 2.24) is 0 Å². The number of rotatable bonds is 5. The van der Waals surface area contributed by atoms with Gasteiger partial charge in [0.05, 0.1) is 11.3 Å². The molecule has 5 nitrogen and oxygen atoms in total. The van der Waals surface area contributed by atoms with Crippen LogP contribution in [-0.4, -0.2) is 14.3 Å². The maximum absolute atomic E-state index is 12.4. The SMILES string of the molecule is NS(=O)(=O)c1cc(NC(=O)Cc2ccccc2Cl)cc(-c2cccc(Cl)c2)c1. The van der Waals surface area contributed by atoms with Crippen molar-refractivity contribution in [3.8, 4) is 11.1 Å². The molecule has 1 amide bonds. The van der Waals surface area contributed by atoms with Crippen LogP contribution in [0.3, 0.4) is 0 Å². The van der Waals surface area contributed by atoms with Gasteiger partial charge in [-0.1, -0.05) is 53.5 Å². The molecule has 0 radical (unpaired) electrons. The van der Waals surface area contributed by atoms with E-state index in [0.717, 1.165) is 0 Å². The van der Waals surface area contributed by atoms with Crippen LogP contribution in [0.5, 0.6) is 0 Å². The summed E-state index contributed by atoms with van der Waals surface area (Å²) < 4.78 is 23.8. The third-order valence-corrected chi connectivity index (χ3v) is 5.48. The van der Waals surface area contributed by atoms with Gasteiger partial charge in [0, 0.05) is 15.7 Å². The number of anilines is 1. The number of primary sulfonamides is 1. The Morgan fingerprint density at radius 2 is 1.68 bits per heavy atom. The summed E-state index contributed by atoms with van der Waals surface area (Å²) in [5, 5.41) is 8.98. The molecule has 0 aliphatic carbocycles. The molecule has 3 rings (SSSR count). The van der Waals surface area contributed by atoms with E-state index in [4.69, 9.17) is 28.3 Å². The molecular weight excluding hydrogens is 419 g/mol. The lowest BCUT2D eigenvalue weighted by Crippen LogP contribution is -2.16. The van der Waals surface area contributed by atoms with Crippen molar-refractivity contribution in [1.29, 1.82) is 0 Å². The second kappa shape index (κ2) is 8.32. The highest BCUT2D eigenvalue weighted by Crippen LogP contribution is 2.28. The van der Waals surface area contributed by atoms with Crippen LogP contribution in [0.15, 0.2) is 71.6 Å². The van der Waals surface area contributed by atoms with Crippen molar-refractivity contribution in [2.24, 2.45) is 5.14 Å². The lowest BCUT2D eigenvalue weighted by atomic mass is 10.0. The van der Waals surface area contributed by atoms with Crippen molar-refractivity contribution in [3.05, 3.63) is 82.3 Å². The first kappa shape index (κ1) is 20.4. The fourth-order valence-corrected chi connectivity index (χ4v) is 3.67. The smallest absolute Gasteiger partial charge is 0.238 e. The molecule has 0 saturated carbocycles. The highest BCUT2D eigenvalue weighted by Gasteiger charge is 2.14. The van der Waals surface area contributed by atoms with E-state index >= 15 is 0 Å². The number of hydrogen-bond donors (Lipinski definition) is 2. The molecule has 144 valence electrons. The first-order valence-corrected chi connectivity index (χ1v) is 10.5. The number of benzene rings is 3. The number of nitrogens with two attached hydrogens (primary N) is 1. The van der Waals surface area contributed by atoms with Gasteiger partial charge in [-0.05, 0) is 53.1 Å². The van der Waals surface area contributed by atoms with Gasteiger partial charge in [-0.2, -0.15) is 0 Å². The Morgan fingerprint density at radius 3 is 2.36 bits per heavy atom. The van der Waals surface area contributed by atoms with Crippen molar-refractivity contribution < 1.29 is 13.2 Å². The largest absolute Gasteiger partial charge is 0.326 e. The Labute approximate surface area is 173 Å². The third-order valence-electron chi connectivity index (χ3n) is 3.99. The van der Waals surface area contributed by atoms with Crippen molar-refractivity contribution in [3.63, 3.8) is 0 Å². The molecular formula is C20H16Cl2N2O3S. The van der Waals surface area contributed by atoms with Crippen LogP contribution < -0.4 is 10.5 Å². The molecule has 0 atom stereocenters. The zero-order valence-electron chi connectivity index (χ0n) is 14.5. The van der Waals surface area contributed by atoms with E-state index in [1.54, 1.807) is 54.6 Å². The van der Waals surface area contributed by atoms with Crippen molar-refractivity contribution >= 4 is 44.8 Å². The zero-order valence-corrected chi connectivity index (χ0v) is 16.9. The zero-order chi connectivity index (χ0) is 20.3. The highest BCUT2D eigenvalue weighted by atomic mass is 35.5. The van der Waals surface area contributed by atoms with E-state index < -0.39 is 10.0 Å². The summed E-state index contributed by atoms with van der Waals surface area (Å²) in [6, 6.07) is 18.3. The minimum Gasteiger partial charge on any atom is -0.326 e. The summed E-state index contributed by atoms with van der Waals surface area (Å²) in [5.41, 5.74) is 2.22. The molecule has 0 aliphatic heterocycles. The molecule has 3 N–H and O–H groups in total. The third kappa shape index (κ3) is 5.11. The van der Waals surface area contributed by atoms with Gasteiger partial charge in [0.15, 0.2) is 0 Å². The van der Waals surface area contributed by atoms with Crippen LogP contribution in [-0.2, 0) is 21.2 Å². The van der Waals surface area contributed by atoms with E-state index in [1.165, 1.54) is 12.1 Å². The molecule has 0 fully saturated rings. The number of hydrogen-bond acceptors (Lipinski definition) is 3. The monoisotopic (exact) mass is 434 g/mol. The second-order valence-corrected chi connectivity index (χ2v) is 8.52. The first-order chi connectivity index (χ1) is 13.2. The standard InChI is InChI=1S/C20H16Cl2N2O3S/c21-16-6-3-5-13(8-16)15-9-17(12-18(10-15)28(23,26)27)24-20(25)11-14-4-1-2-7-19(14)22/h1-10,12H,11H2,(H,24,25)(H2,23,26,27). The average molecular weight is 435 g/mol. The number of sulfonamides is 1. The van der Waals surface area contributed by atoms with E-state index in [9.17, 15) is 13.2 Å². The predicted molar refractivity (Wildman–Crippen MR) is 112 cm³/mol. The number of carbonyl (C=O) groups excluding carboxylic acids is 1. The molecule has 0 heterocycles. The Hall–Kier alpha value is -2.38. The second-order valence-electron chi connectivity index (χ2n) is 6.12. The van der Waals surface area contributed by atoms with Gasteiger partial charge in [0.25, 0.3) is 0 Å². The van der Waals surface area contributed by atoms with Crippen molar-refractivity contribution in [2.45, 2.75) is 11.3 Å². The summed E-state index contributed by atoms with van der Waals surface area (Å²) in [6.07, 6.45) is 0.0474. The summed E-state index contributed by atoms with van der Waals surface area (Å²) in [5.74, 6) is -0.336. The molecule has 0 aliphatic rings. The maximum atomic E-state index is 12.4. The fourth-order valence-electron chi connectivity index (χ4n) is 2.69. The molecule has 0 saturated heterocycles.